The highest BCUT2D eigenvalue weighted by atomic mass is 35.5. The molecule has 1 saturated heterocycles. The summed E-state index contributed by atoms with van der Waals surface area (Å²) in [4.78, 5) is 29.3. The molecule has 0 spiro atoms. The fourth-order valence-corrected chi connectivity index (χ4v) is 5.31. The van der Waals surface area contributed by atoms with E-state index in [-0.39, 0.29) is 21.8 Å². The van der Waals surface area contributed by atoms with Crippen molar-refractivity contribution in [2.75, 3.05) is 9.62 Å². The minimum atomic E-state index is -3.87. The van der Waals surface area contributed by atoms with Gasteiger partial charge < -0.3 is 0 Å². The number of aromatic nitrogens is 1. The summed E-state index contributed by atoms with van der Waals surface area (Å²) >= 11 is 7.12. The Morgan fingerprint density at radius 2 is 1.71 bits per heavy atom. The van der Waals surface area contributed by atoms with Crippen LogP contribution in [0.25, 0.3) is 10.2 Å². The lowest BCUT2D eigenvalue weighted by Gasteiger charge is -2.24. The van der Waals surface area contributed by atoms with Crippen LogP contribution in [0.1, 0.15) is 19.3 Å². The normalized spacial score (nSPS) is 15.2. The standard InChI is InChI=1S/C18H14ClN3O4S2/c19-11-4-9-14-15(10-11)27-18(20-14)21-28(25,26)13-7-5-12(6-8-13)22-16(23)2-1-3-17(22)24/h4-10H,1-3H2,(H,20,21). The molecule has 1 aromatic heterocycles. The van der Waals surface area contributed by atoms with Crippen LogP contribution in [0.2, 0.25) is 5.02 Å². The number of carbonyl (C=O) groups excluding carboxylic acids is 2. The third-order valence-corrected chi connectivity index (χ3v) is 6.91. The Bertz CT molecular complexity index is 1170. The van der Waals surface area contributed by atoms with Gasteiger partial charge in [-0.25, -0.2) is 13.4 Å². The predicted octanol–water partition coefficient (Wildman–Crippen LogP) is 3.79. The Balaban J connectivity index is 1.58. The Labute approximate surface area is 170 Å². The molecule has 0 saturated carbocycles. The van der Waals surface area contributed by atoms with Gasteiger partial charge in [-0.1, -0.05) is 22.9 Å². The van der Waals surface area contributed by atoms with E-state index in [1.807, 2.05) is 0 Å². The molecule has 0 atom stereocenters. The Hall–Kier alpha value is -2.49. The molecule has 1 fully saturated rings. The molecule has 1 N–H and O–H groups in total. The van der Waals surface area contributed by atoms with E-state index in [1.165, 1.54) is 35.6 Å². The number of rotatable bonds is 4. The first-order chi connectivity index (χ1) is 13.3. The minimum Gasteiger partial charge on any atom is -0.274 e. The number of benzene rings is 2. The molecule has 0 radical (unpaired) electrons. The van der Waals surface area contributed by atoms with Crippen LogP contribution >= 0.6 is 22.9 Å². The number of carbonyl (C=O) groups is 2. The zero-order valence-electron chi connectivity index (χ0n) is 14.4. The van der Waals surface area contributed by atoms with Gasteiger partial charge in [0.25, 0.3) is 10.0 Å². The van der Waals surface area contributed by atoms with E-state index in [0.29, 0.717) is 35.5 Å². The van der Waals surface area contributed by atoms with Crippen LogP contribution in [0.4, 0.5) is 10.8 Å². The van der Waals surface area contributed by atoms with Gasteiger partial charge in [-0.15, -0.1) is 0 Å². The van der Waals surface area contributed by atoms with E-state index in [2.05, 4.69) is 9.71 Å². The van der Waals surface area contributed by atoms with Crippen LogP contribution in [-0.4, -0.2) is 25.2 Å². The maximum atomic E-state index is 12.6. The summed E-state index contributed by atoms with van der Waals surface area (Å²) < 4.78 is 28.5. The second-order valence-electron chi connectivity index (χ2n) is 6.21. The zero-order valence-corrected chi connectivity index (χ0v) is 16.8. The average Bonchev–Trinajstić information content (AvgIpc) is 3.02. The number of fused-ring (bicyclic) bond motifs is 1. The number of thiazole rings is 1. The number of nitrogens with one attached hydrogen (secondary N) is 1. The average molecular weight is 436 g/mol. The van der Waals surface area contributed by atoms with Gasteiger partial charge in [-0.3, -0.25) is 19.2 Å². The van der Waals surface area contributed by atoms with Gasteiger partial charge in [0.15, 0.2) is 5.13 Å². The topological polar surface area (TPSA) is 96.4 Å². The second kappa shape index (κ2) is 7.16. The van der Waals surface area contributed by atoms with Crippen LogP contribution in [0.15, 0.2) is 47.4 Å². The summed E-state index contributed by atoms with van der Waals surface area (Å²) in [7, 11) is -3.87. The molecular formula is C18H14ClN3O4S2. The molecule has 7 nitrogen and oxygen atoms in total. The minimum absolute atomic E-state index is 0.00504. The van der Waals surface area contributed by atoms with Crippen molar-refractivity contribution < 1.29 is 18.0 Å². The molecule has 0 unspecified atom stereocenters. The zero-order chi connectivity index (χ0) is 19.9. The van der Waals surface area contributed by atoms with Crippen molar-refractivity contribution in [3.05, 3.63) is 47.5 Å². The molecule has 1 aliphatic heterocycles. The molecule has 2 heterocycles. The van der Waals surface area contributed by atoms with Crippen molar-refractivity contribution >= 4 is 65.8 Å². The van der Waals surface area contributed by atoms with E-state index >= 15 is 0 Å². The molecule has 28 heavy (non-hydrogen) atoms. The molecule has 144 valence electrons. The van der Waals surface area contributed by atoms with Gasteiger partial charge >= 0.3 is 0 Å². The third kappa shape index (κ3) is 3.60. The summed E-state index contributed by atoms with van der Waals surface area (Å²) in [5.41, 5.74) is 1.01. The first-order valence-corrected chi connectivity index (χ1v) is 11.1. The highest BCUT2D eigenvalue weighted by Gasteiger charge is 2.27. The van der Waals surface area contributed by atoms with Crippen LogP contribution in [0.5, 0.6) is 0 Å². The van der Waals surface area contributed by atoms with Crippen molar-refractivity contribution in [1.82, 2.24) is 4.98 Å². The van der Waals surface area contributed by atoms with Crippen molar-refractivity contribution in [3.8, 4) is 0 Å². The molecule has 10 heteroatoms. The fraction of sp³-hybridized carbons (Fsp3) is 0.167. The van der Waals surface area contributed by atoms with Gasteiger partial charge in [-0.2, -0.15) is 0 Å². The monoisotopic (exact) mass is 435 g/mol. The van der Waals surface area contributed by atoms with Crippen LogP contribution in [-0.2, 0) is 19.6 Å². The number of hydrogen-bond donors (Lipinski definition) is 1. The number of imide groups is 1. The molecule has 3 aromatic rings. The van der Waals surface area contributed by atoms with Gasteiger partial charge in [0, 0.05) is 17.9 Å². The van der Waals surface area contributed by atoms with E-state index in [4.69, 9.17) is 11.6 Å². The fourth-order valence-electron chi connectivity index (χ4n) is 2.93. The largest absolute Gasteiger partial charge is 0.274 e. The molecule has 0 bridgehead atoms. The lowest BCUT2D eigenvalue weighted by Crippen LogP contribution is -2.40. The second-order valence-corrected chi connectivity index (χ2v) is 9.36. The molecule has 2 amide bonds. The lowest BCUT2D eigenvalue weighted by atomic mass is 10.1. The van der Waals surface area contributed by atoms with Crippen LogP contribution in [0, 0.1) is 0 Å². The molecular weight excluding hydrogens is 422 g/mol. The summed E-state index contributed by atoms with van der Waals surface area (Å²) in [6, 6.07) is 10.7. The number of amides is 2. The number of piperidine rings is 1. The summed E-state index contributed by atoms with van der Waals surface area (Å²) in [5, 5.41) is 0.769. The van der Waals surface area contributed by atoms with Crippen molar-refractivity contribution in [2.24, 2.45) is 0 Å². The summed E-state index contributed by atoms with van der Waals surface area (Å²) in [6.07, 6.45) is 1.14. The quantitative estimate of drug-likeness (QED) is 0.629. The number of hydrogen-bond acceptors (Lipinski definition) is 6. The first kappa shape index (κ1) is 18.9. The number of anilines is 2. The molecule has 0 aliphatic carbocycles. The van der Waals surface area contributed by atoms with Gasteiger partial charge in [0.2, 0.25) is 11.8 Å². The molecule has 2 aromatic carbocycles. The van der Waals surface area contributed by atoms with E-state index in [9.17, 15) is 18.0 Å². The highest BCUT2D eigenvalue weighted by molar-refractivity contribution is 7.93. The lowest BCUT2D eigenvalue weighted by molar-refractivity contribution is -0.129. The van der Waals surface area contributed by atoms with Crippen LogP contribution in [0.3, 0.4) is 0 Å². The Morgan fingerprint density at radius 1 is 1.04 bits per heavy atom. The highest BCUT2D eigenvalue weighted by Crippen LogP contribution is 2.30. The van der Waals surface area contributed by atoms with Crippen molar-refractivity contribution in [3.63, 3.8) is 0 Å². The van der Waals surface area contributed by atoms with Gasteiger partial charge in [-0.05, 0) is 48.9 Å². The SMILES string of the molecule is O=C1CCCC(=O)N1c1ccc(S(=O)(=O)Nc2nc3ccc(Cl)cc3s2)cc1. The Morgan fingerprint density at radius 3 is 2.39 bits per heavy atom. The van der Waals surface area contributed by atoms with Crippen molar-refractivity contribution in [1.29, 1.82) is 0 Å². The molecule has 4 rings (SSSR count). The maximum absolute atomic E-state index is 12.6. The summed E-state index contributed by atoms with van der Waals surface area (Å²) in [5.74, 6) is -0.559. The van der Waals surface area contributed by atoms with Crippen LogP contribution < -0.4 is 9.62 Å². The third-order valence-electron chi connectivity index (χ3n) is 4.26. The van der Waals surface area contributed by atoms with Gasteiger partial charge in [0.1, 0.15) is 0 Å². The smallest absolute Gasteiger partial charge is 0.263 e. The first-order valence-electron chi connectivity index (χ1n) is 8.38. The summed E-state index contributed by atoms with van der Waals surface area (Å²) in [6.45, 7) is 0. The maximum Gasteiger partial charge on any atom is 0.263 e. The Kier molecular flexibility index (Phi) is 4.82. The van der Waals surface area contributed by atoms with Crippen molar-refractivity contribution in [2.45, 2.75) is 24.2 Å². The van der Waals surface area contributed by atoms with Gasteiger partial charge in [0.05, 0.1) is 20.8 Å². The van der Waals surface area contributed by atoms with E-state index < -0.39 is 10.0 Å². The molecule has 1 aliphatic rings. The van der Waals surface area contributed by atoms with E-state index in [0.717, 1.165) is 9.60 Å². The number of nitrogens with zero attached hydrogens (tertiary/aromatic N) is 2. The van der Waals surface area contributed by atoms with E-state index in [1.54, 1.807) is 18.2 Å². The number of sulfonamides is 1. The number of halogens is 1. The predicted molar refractivity (Wildman–Crippen MR) is 108 cm³/mol.